The van der Waals surface area contributed by atoms with Gasteiger partial charge in [-0.25, -0.2) is 0 Å². The van der Waals surface area contributed by atoms with Crippen LogP contribution in [-0.4, -0.2) is 0 Å². The number of alkyl halides is 3. The van der Waals surface area contributed by atoms with Gasteiger partial charge in [-0.2, -0.15) is 13.2 Å². The molecule has 0 amide bonds. The van der Waals surface area contributed by atoms with Crippen LogP contribution in [0.5, 0.6) is 0 Å². The number of anilines is 1. The van der Waals surface area contributed by atoms with Crippen molar-refractivity contribution in [1.29, 1.82) is 0 Å². The smallest absolute Gasteiger partial charge is 0.378 e. The zero-order valence-corrected chi connectivity index (χ0v) is 12.0. The van der Waals surface area contributed by atoms with Crippen LogP contribution in [0, 0.1) is 0 Å². The van der Waals surface area contributed by atoms with Crippen molar-refractivity contribution in [3.05, 3.63) is 65.2 Å². The van der Waals surface area contributed by atoms with Crippen molar-refractivity contribution in [1.82, 2.24) is 0 Å². The fraction of sp³-hybridized carbons (Fsp3) is 0.294. The molecule has 0 saturated heterocycles. The second-order valence-corrected chi connectivity index (χ2v) is 5.00. The molecule has 2 aromatic rings. The van der Waals surface area contributed by atoms with Crippen LogP contribution in [0.25, 0.3) is 0 Å². The number of rotatable bonds is 4. The zero-order chi connectivity index (χ0) is 15.5. The molecule has 2 aromatic carbocycles. The van der Waals surface area contributed by atoms with Crippen LogP contribution in [-0.2, 0) is 12.6 Å². The fourth-order valence-corrected chi connectivity index (χ4v) is 2.25. The number of hydrogen-bond acceptors (Lipinski definition) is 1. The normalized spacial score (nSPS) is 13.0. The molecule has 0 aliphatic rings. The van der Waals surface area contributed by atoms with Gasteiger partial charge in [0.25, 0.3) is 0 Å². The van der Waals surface area contributed by atoms with E-state index >= 15 is 0 Å². The van der Waals surface area contributed by atoms with Crippen molar-refractivity contribution >= 4 is 5.69 Å². The van der Waals surface area contributed by atoms with Gasteiger partial charge in [0.05, 0.1) is 5.56 Å². The van der Waals surface area contributed by atoms with Crippen molar-refractivity contribution in [3.63, 3.8) is 0 Å². The Bertz CT molecular complexity index is 588. The average Bonchev–Trinajstić information content (AvgIpc) is 2.47. The van der Waals surface area contributed by atoms with E-state index in [4.69, 9.17) is 0 Å². The molecule has 4 heteroatoms. The molecule has 0 aliphatic heterocycles. The molecule has 112 valence electrons. The maximum Gasteiger partial charge on any atom is 0.416 e. The lowest BCUT2D eigenvalue weighted by atomic mass is 10.0. The minimum Gasteiger partial charge on any atom is -0.378 e. The molecule has 0 spiro atoms. The Kier molecular flexibility index (Phi) is 4.56. The van der Waals surface area contributed by atoms with Gasteiger partial charge in [0.1, 0.15) is 0 Å². The maximum absolute atomic E-state index is 12.6. The Hall–Kier alpha value is -1.97. The van der Waals surface area contributed by atoms with Crippen molar-refractivity contribution in [3.8, 4) is 0 Å². The molecular formula is C17H18F3N. The van der Waals surface area contributed by atoms with E-state index in [0.717, 1.165) is 29.8 Å². The van der Waals surface area contributed by atoms with E-state index in [1.54, 1.807) is 0 Å². The van der Waals surface area contributed by atoms with Gasteiger partial charge in [-0.3, -0.25) is 0 Å². The van der Waals surface area contributed by atoms with Gasteiger partial charge in [-0.15, -0.1) is 0 Å². The minimum atomic E-state index is -4.29. The summed E-state index contributed by atoms with van der Waals surface area (Å²) in [7, 11) is 0. The van der Waals surface area contributed by atoms with E-state index in [0.29, 0.717) is 0 Å². The first-order valence-corrected chi connectivity index (χ1v) is 6.93. The molecule has 0 bridgehead atoms. The standard InChI is InChI=1S/C17H18F3N/c1-3-13-6-4-5-7-16(13)21-12(2)14-8-10-15(11-9-14)17(18,19)20/h4-12,21H,3H2,1-2H3. The largest absolute Gasteiger partial charge is 0.416 e. The lowest BCUT2D eigenvalue weighted by molar-refractivity contribution is -0.137. The predicted molar refractivity (Wildman–Crippen MR) is 79.3 cm³/mol. The van der Waals surface area contributed by atoms with E-state index < -0.39 is 11.7 Å². The first-order valence-electron chi connectivity index (χ1n) is 6.93. The Morgan fingerprint density at radius 2 is 1.62 bits per heavy atom. The molecule has 1 nitrogen and oxygen atoms in total. The number of benzene rings is 2. The topological polar surface area (TPSA) is 12.0 Å². The molecular weight excluding hydrogens is 275 g/mol. The molecule has 1 atom stereocenters. The summed E-state index contributed by atoms with van der Waals surface area (Å²) in [4.78, 5) is 0. The van der Waals surface area contributed by atoms with Crippen LogP contribution < -0.4 is 5.32 Å². The summed E-state index contributed by atoms with van der Waals surface area (Å²) in [6.07, 6.45) is -3.38. The Morgan fingerprint density at radius 3 is 2.19 bits per heavy atom. The highest BCUT2D eigenvalue weighted by atomic mass is 19.4. The van der Waals surface area contributed by atoms with Crippen molar-refractivity contribution < 1.29 is 13.2 Å². The first kappa shape index (κ1) is 15.4. The lowest BCUT2D eigenvalue weighted by Crippen LogP contribution is -2.09. The second-order valence-electron chi connectivity index (χ2n) is 5.00. The number of halogens is 3. The van der Waals surface area contributed by atoms with Gasteiger partial charge in [0, 0.05) is 11.7 Å². The summed E-state index contributed by atoms with van der Waals surface area (Å²) >= 11 is 0. The first-order chi connectivity index (χ1) is 9.91. The Balaban J connectivity index is 2.15. The van der Waals surface area contributed by atoms with Gasteiger partial charge in [-0.05, 0) is 42.7 Å². The van der Waals surface area contributed by atoms with Crippen LogP contribution in [0.3, 0.4) is 0 Å². The van der Waals surface area contributed by atoms with Crippen LogP contribution in [0.4, 0.5) is 18.9 Å². The van der Waals surface area contributed by atoms with E-state index in [-0.39, 0.29) is 6.04 Å². The van der Waals surface area contributed by atoms with Crippen LogP contribution in [0.1, 0.15) is 36.6 Å². The number of hydrogen-bond donors (Lipinski definition) is 1. The minimum absolute atomic E-state index is 0.0556. The fourth-order valence-electron chi connectivity index (χ4n) is 2.25. The van der Waals surface area contributed by atoms with Crippen LogP contribution in [0.15, 0.2) is 48.5 Å². The van der Waals surface area contributed by atoms with Gasteiger partial charge in [-0.1, -0.05) is 37.3 Å². The summed E-state index contributed by atoms with van der Waals surface area (Å²) < 4.78 is 37.7. The number of para-hydroxylation sites is 1. The highest BCUT2D eigenvalue weighted by Gasteiger charge is 2.30. The molecule has 0 aromatic heterocycles. The number of aryl methyl sites for hydroxylation is 1. The summed E-state index contributed by atoms with van der Waals surface area (Å²) in [5.74, 6) is 0. The van der Waals surface area contributed by atoms with Crippen molar-refractivity contribution in [2.24, 2.45) is 0 Å². The van der Waals surface area contributed by atoms with Gasteiger partial charge in [0.2, 0.25) is 0 Å². The van der Waals surface area contributed by atoms with Crippen molar-refractivity contribution in [2.45, 2.75) is 32.5 Å². The number of nitrogens with one attached hydrogen (secondary N) is 1. The van der Waals surface area contributed by atoms with E-state index in [2.05, 4.69) is 12.2 Å². The third kappa shape index (κ3) is 3.78. The predicted octanol–water partition coefficient (Wildman–Crippen LogP) is 5.44. The Morgan fingerprint density at radius 1 is 1.00 bits per heavy atom. The lowest BCUT2D eigenvalue weighted by Gasteiger charge is -2.18. The van der Waals surface area contributed by atoms with Crippen molar-refractivity contribution in [2.75, 3.05) is 5.32 Å². The van der Waals surface area contributed by atoms with E-state index in [9.17, 15) is 13.2 Å². The molecule has 1 N–H and O–H groups in total. The molecule has 21 heavy (non-hydrogen) atoms. The zero-order valence-electron chi connectivity index (χ0n) is 12.0. The third-order valence-corrected chi connectivity index (χ3v) is 3.51. The molecule has 1 unspecified atom stereocenters. The quantitative estimate of drug-likeness (QED) is 0.791. The SMILES string of the molecule is CCc1ccccc1NC(C)c1ccc(C(F)(F)F)cc1. The van der Waals surface area contributed by atoms with Crippen LogP contribution >= 0.6 is 0 Å². The summed E-state index contributed by atoms with van der Waals surface area (Å²) in [5, 5.41) is 3.35. The van der Waals surface area contributed by atoms with Gasteiger partial charge in [0.15, 0.2) is 0 Å². The highest BCUT2D eigenvalue weighted by Crippen LogP contribution is 2.30. The third-order valence-electron chi connectivity index (χ3n) is 3.51. The van der Waals surface area contributed by atoms with E-state index in [1.807, 2.05) is 31.2 Å². The van der Waals surface area contributed by atoms with E-state index in [1.165, 1.54) is 17.7 Å². The van der Waals surface area contributed by atoms with Crippen LogP contribution in [0.2, 0.25) is 0 Å². The summed E-state index contributed by atoms with van der Waals surface area (Å²) in [6.45, 7) is 4.01. The summed E-state index contributed by atoms with van der Waals surface area (Å²) in [5.41, 5.74) is 2.42. The van der Waals surface area contributed by atoms with Gasteiger partial charge >= 0.3 is 6.18 Å². The monoisotopic (exact) mass is 293 g/mol. The molecule has 0 saturated carbocycles. The molecule has 0 aliphatic carbocycles. The maximum atomic E-state index is 12.6. The highest BCUT2D eigenvalue weighted by molar-refractivity contribution is 5.52. The van der Waals surface area contributed by atoms with Gasteiger partial charge < -0.3 is 5.32 Å². The second kappa shape index (κ2) is 6.20. The molecule has 2 rings (SSSR count). The average molecular weight is 293 g/mol. The molecule has 0 heterocycles. The Labute approximate surface area is 122 Å². The molecule has 0 radical (unpaired) electrons. The molecule has 0 fully saturated rings. The summed E-state index contributed by atoms with van der Waals surface area (Å²) in [6, 6.07) is 13.2.